The largest absolute Gasteiger partial charge is 0.506 e. The van der Waals surface area contributed by atoms with Crippen molar-refractivity contribution in [2.75, 3.05) is 5.32 Å². The van der Waals surface area contributed by atoms with E-state index >= 15 is 0 Å². The molecule has 0 saturated heterocycles. The minimum atomic E-state index is -0.343. The molecule has 94 valence electrons. The van der Waals surface area contributed by atoms with E-state index in [1.807, 2.05) is 0 Å². The maximum Gasteiger partial charge on any atom is 0.259 e. The Morgan fingerprint density at radius 2 is 2.11 bits per heavy atom. The van der Waals surface area contributed by atoms with Crippen molar-refractivity contribution in [2.45, 2.75) is 0 Å². The highest BCUT2D eigenvalue weighted by molar-refractivity contribution is 6.09. The van der Waals surface area contributed by atoms with Gasteiger partial charge in [0.25, 0.3) is 5.91 Å². The Balaban J connectivity index is 1.95. The Hall–Kier alpha value is -2.89. The molecule has 0 bridgehead atoms. The Morgan fingerprint density at radius 3 is 2.95 bits per heavy atom. The molecule has 0 spiro atoms. The van der Waals surface area contributed by atoms with Crippen LogP contribution in [0.1, 0.15) is 10.4 Å². The summed E-state index contributed by atoms with van der Waals surface area (Å²) in [6, 6.07) is 6.54. The summed E-state index contributed by atoms with van der Waals surface area (Å²) in [5.74, 6) is -0.324. The zero-order valence-electron chi connectivity index (χ0n) is 9.82. The number of aromatic hydroxyl groups is 1. The molecule has 0 radical (unpaired) electrons. The standard InChI is InChI=1S/C13H10N4O2/c18-12-4-2-1-3-10(12)16-13(19)9-7-15-17-6-5-14-8-11(9)17/h1-8,18H,(H,16,19). The summed E-state index contributed by atoms with van der Waals surface area (Å²) in [6.45, 7) is 0. The first-order valence-electron chi connectivity index (χ1n) is 5.62. The zero-order valence-corrected chi connectivity index (χ0v) is 9.82. The fourth-order valence-electron chi connectivity index (χ4n) is 1.78. The average molecular weight is 254 g/mol. The van der Waals surface area contributed by atoms with Gasteiger partial charge in [0.1, 0.15) is 5.75 Å². The minimum absolute atomic E-state index is 0.0189. The number of hydrogen-bond acceptors (Lipinski definition) is 4. The van der Waals surface area contributed by atoms with Crippen LogP contribution in [0.15, 0.2) is 49.1 Å². The smallest absolute Gasteiger partial charge is 0.259 e. The lowest BCUT2D eigenvalue weighted by molar-refractivity contribution is 0.102. The summed E-state index contributed by atoms with van der Waals surface area (Å²) in [7, 11) is 0. The number of fused-ring (bicyclic) bond motifs is 1. The molecule has 0 atom stereocenters. The van der Waals surface area contributed by atoms with Gasteiger partial charge in [-0.3, -0.25) is 9.78 Å². The molecular weight excluding hydrogens is 244 g/mol. The van der Waals surface area contributed by atoms with Crippen LogP contribution in [0.3, 0.4) is 0 Å². The number of phenolic OH excluding ortho intramolecular Hbond substituents is 1. The van der Waals surface area contributed by atoms with E-state index in [-0.39, 0.29) is 11.7 Å². The highest BCUT2D eigenvalue weighted by Crippen LogP contribution is 2.22. The Labute approximate surface area is 108 Å². The van der Waals surface area contributed by atoms with E-state index in [0.29, 0.717) is 16.8 Å². The van der Waals surface area contributed by atoms with Gasteiger partial charge in [-0.1, -0.05) is 12.1 Å². The number of anilines is 1. The van der Waals surface area contributed by atoms with Crippen LogP contribution >= 0.6 is 0 Å². The number of carbonyl (C=O) groups excluding carboxylic acids is 1. The second kappa shape index (κ2) is 4.41. The van der Waals surface area contributed by atoms with Gasteiger partial charge in [0.2, 0.25) is 0 Å². The lowest BCUT2D eigenvalue weighted by Gasteiger charge is -2.05. The highest BCUT2D eigenvalue weighted by atomic mass is 16.3. The predicted octanol–water partition coefficient (Wildman–Crippen LogP) is 1.69. The van der Waals surface area contributed by atoms with Crippen molar-refractivity contribution in [2.24, 2.45) is 0 Å². The van der Waals surface area contributed by atoms with Crippen LogP contribution in [-0.2, 0) is 0 Å². The second-order valence-corrected chi connectivity index (χ2v) is 3.94. The molecule has 1 aromatic carbocycles. The molecule has 0 aliphatic rings. The SMILES string of the molecule is O=C(Nc1ccccc1O)c1cnn2ccncc12. The number of para-hydroxylation sites is 2. The third-order valence-corrected chi connectivity index (χ3v) is 2.72. The Bertz CT molecular complexity index is 751. The number of nitrogens with zero attached hydrogens (tertiary/aromatic N) is 3. The van der Waals surface area contributed by atoms with E-state index in [9.17, 15) is 9.90 Å². The van der Waals surface area contributed by atoms with E-state index < -0.39 is 0 Å². The zero-order chi connectivity index (χ0) is 13.2. The molecule has 2 N–H and O–H groups in total. The van der Waals surface area contributed by atoms with E-state index in [1.54, 1.807) is 41.3 Å². The highest BCUT2D eigenvalue weighted by Gasteiger charge is 2.13. The minimum Gasteiger partial charge on any atom is -0.506 e. The van der Waals surface area contributed by atoms with Crippen LogP contribution in [0.4, 0.5) is 5.69 Å². The normalized spacial score (nSPS) is 10.5. The fourth-order valence-corrected chi connectivity index (χ4v) is 1.78. The number of amides is 1. The Morgan fingerprint density at radius 1 is 1.26 bits per heavy atom. The maximum atomic E-state index is 12.1. The number of benzene rings is 1. The molecule has 2 aromatic heterocycles. The summed E-state index contributed by atoms with van der Waals surface area (Å²) in [4.78, 5) is 16.1. The molecule has 3 aromatic rings. The van der Waals surface area contributed by atoms with Crippen molar-refractivity contribution in [3.8, 4) is 5.75 Å². The summed E-state index contributed by atoms with van der Waals surface area (Å²) < 4.78 is 1.56. The summed E-state index contributed by atoms with van der Waals surface area (Å²) >= 11 is 0. The monoisotopic (exact) mass is 254 g/mol. The van der Waals surface area contributed by atoms with E-state index in [0.717, 1.165) is 0 Å². The molecule has 6 nitrogen and oxygen atoms in total. The van der Waals surface area contributed by atoms with Crippen LogP contribution in [0.25, 0.3) is 5.52 Å². The summed E-state index contributed by atoms with van der Waals surface area (Å²) in [5, 5.41) is 16.3. The van der Waals surface area contributed by atoms with E-state index in [1.165, 1.54) is 12.3 Å². The molecule has 2 heterocycles. The first kappa shape index (κ1) is 11.2. The third kappa shape index (κ3) is 1.99. The van der Waals surface area contributed by atoms with Gasteiger partial charge in [0.05, 0.1) is 29.2 Å². The van der Waals surface area contributed by atoms with Crippen molar-refractivity contribution in [1.82, 2.24) is 14.6 Å². The van der Waals surface area contributed by atoms with Crippen LogP contribution in [0.2, 0.25) is 0 Å². The molecule has 19 heavy (non-hydrogen) atoms. The van der Waals surface area contributed by atoms with Crippen molar-refractivity contribution in [1.29, 1.82) is 0 Å². The third-order valence-electron chi connectivity index (χ3n) is 2.72. The van der Waals surface area contributed by atoms with E-state index in [4.69, 9.17) is 0 Å². The Kier molecular flexibility index (Phi) is 2.60. The number of hydrogen-bond donors (Lipinski definition) is 2. The predicted molar refractivity (Wildman–Crippen MR) is 69.0 cm³/mol. The number of carbonyl (C=O) groups is 1. The van der Waals surface area contributed by atoms with E-state index in [2.05, 4.69) is 15.4 Å². The summed E-state index contributed by atoms with van der Waals surface area (Å²) in [6.07, 6.45) is 6.27. The van der Waals surface area contributed by atoms with Gasteiger partial charge < -0.3 is 10.4 Å². The topological polar surface area (TPSA) is 79.5 Å². The van der Waals surface area contributed by atoms with Gasteiger partial charge in [0.15, 0.2) is 0 Å². The van der Waals surface area contributed by atoms with Crippen molar-refractivity contribution < 1.29 is 9.90 Å². The van der Waals surface area contributed by atoms with Gasteiger partial charge in [-0.15, -0.1) is 0 Å². The van der Waals surface area contributed by atoms with Crippen LogP contribution in [0.5, 0.6) is 5.75 Å². The molecule has 0 fully saturated rings. The van der Waals surface area contributed by atoms with Gasteiger partial charge >= 0.3 is 0 Å². The van der Waals surface area contributed by atoms with Gasteiger partial charge in [-0.05, 0) is 12.1 Å². The molecule has 0 saturated carbocycles. The molecule has 1 amide bonds. The summed E-state index contributed by atoms with van der Waals surface area (Å²) in [5.41, 5.74) is 1.36. The lowest BCUT2D eigenvalue weighted by Crippen LogP contribution is -2.11. The quantitative estimate of drug-likeness (QED) is 0.682. The average Bonchev–Trinajstić information content (AvgIpc) is 2.85. The van der Waals surface area contributed by atoms with Crippen LogP contribution in [0, 0.1) is 0 Å². The van der Waals surface area contributed by atoms with Crippen LogP contribution in [-0.4, -0.2) is 25.6 Å². The molecule has 6 heteroatoms. The molecule has 0 aliphatic carbocycles. The lowest BCUT2D eigenvalue weighted by atomic mass is 10.2. The van der Waals surface area contributed by atoms with Crippen molar-refractivity contribution in [3.05, 3.63) is 54.6 Å². The first-order valence-corrected chi connectivity index (χ1v) is 5.62. The van der Waals surface area contributed by atoms with Gasteiger partial charge in [0, 0.05) is 12.4 Å². The second-order valence-electron chi connectivity index (χ2n) is 3.94. The molecular formula is C13H10N4O2. The molecule has 0 aliphatic heterocycles. The number of rotatable bonds is 2. The van der Waals surface area contributed by atoms with Gasteiger partial charge in [-0.2, -0.15) is 5.10 Å². The van der Waals surface area contributed by atoms with Crippen LogP contribution < -0.4 is 5.32 Å². The van der Waals surface area contributed by atoms with Crippen molar-refractivity contribution in [3.63, 3.8) is 0 Å². The number of nitrogens with one attached hydrogen (secondary N) is 1. The van der Waals surface area contributed by atoms with Crippen molar-refractivity contribution >= 4 is 17.1 Å². The number of aromatic nitrogens is 3. The fraction of sp³-hybridized carbons (Fsp3) is 0. The van der Waals surface area contributed by atoms with Gasteiger partial charge in [-0.25, -0.2) is 4.52 Å². The number of phenols is 1. The first-order chi connectivity index (χ1) is 9.25. The molecule has 3 rings (SSSR count). The maximum absolute atomic E-state index is 12.1. The molecule has 0 unspecified atom stereocenters.